The molecular weight excluding hydrogens is 419 g/mol. The first-order valence-electron chi connectivity index (χ1n) is 9.54. The summed E-state index contributed by atoms with van der Waals surface area (Å²) in [5.41, 5.74) is 2.89. The number of aryl methyl sites for hydroxylation is 2. The van der Waals surface area contributed by atoms with Crippen LogP contribution in [-0.4, -0.2) is 22.8 Å². The summed E-state index contributed by atoms with van der Waals surface area (Å²) < 4.78 is 43.8. The van der Waals surface area contributed by atoms with E-state index in [-0.39, 0.29) is 11.2 Å². The number of halogens is 1. The number of aromatic nitrogens is 3. The number of pyridine rings is 2. The lowest BCUT2D eigenvalue weighted by atomic mass is 10.1. The number of hydrogen-bond acceptors (Lipinski definition) is 5. The smallest absolute Gasteiger partial charge is 0.264 e. The fourth-order valence-corrected chi connectivity index (χ4v) is 4.39. The molecule has 0 spiro atoms. The highest BCUT2D eigenvalue weighted by Gasteiger charge is 2.21. The van der Waals surface area contributed by atoms with E-state index in [9.17, 15) is 17.6 Å². The third-order valence-corrected chi connectivity index (χ3v) is 6.25. The molecule has 4 rings (SSSR count). The standard InChI is InChI=1S/C22H19FN4O3S/c1-3-18-19(26-31(29,30)20-6-4-14(2)10-17(20)23)11-16(12-25-18)15-5-7-21-24-9-8-22(28)27(21)13-15/h4-13,26H,3H2,1-2H3. The summed E-state index contributed by atoms with van der Waals surface area (Å²) in [4.78, 5) is 20.2. The van der Waals surface area contributed by atoms with Gasteiger partial charge in [0.05, 0.1) is 11.4 Å². The first kappa shape index (κ1) is 20.7. The lowest BCUT2D eigenvalue weighted by molar-refractivity contribution is 0.569. The number of nitrogens with one attached hydrogen (secondary N) is 1. The van der Waals surface area contributed by atoms with Crippen LogP contribution in [0.25, 0.3) is 16.8 Å². The highest BCUT2D eigenvalue weighted by molar-refractivity contribution is 7.92. The first-order chi connectivity index (χ1) is 14.8. The molecular formula is C22H19FN4O3S. The maximum absolute atomic E-state index is 14.3. The molecule has 0 atom stereocenters. The summed E-state index contributed by atoms with van der Waals surface area (Å²) in [6.45, 7) is 3.52. The van der Waals surface area contributed by atoms with Crippen LogP contribution >= 0.6 is 0 Å². The van der Waals surface area contributed by atoms with Crippen LogP contribution in [0.5, 0.6) is 0 Å². The predicted octanol–water partition coefficient (Wildman–Crippen LogP) is 3.57. The van der Waals surface area contributed by atoms with Gasteiger partial charge < -0.3 is 0 Å². The van der Waals surface area contributed by atoms with Crippen molar-refractivity contribution >= 4 is 21.4 Å². The molecule has 31 heavy (non-hydrogen) atoms. The van der Waals surface area contributed by atoms with Crippen molar-refractivity contribution < 1.29 is 12.8 Å². The number of hydrogen-bond donors (Lipinski definition) is 1. The third-order valence-electron chi connectivity index (χ3n) is 4.85. The summed E-state index contributed by atoms with van der Waals surface area (Å²) in [7, 11) is -4.16. The lowest BCUT2D eigenvalue weighted by Crippen LogP contribution is -2.16. The lowest BCUT2D eigenvalue weighted by Gasteiger charge is -2.14. The Hall–Kier alpha value is -3.59. The summed E-state index contributed by atoms with van der Waals surface area (Å²) in [5.74, 6) is -0.823. The fraction of sp³-hybridized carbons (Fsp3) is 0.136. The normalized spacial score (nSPS) is 11.6. The number of anilines is 1. The molecule has 0 radical (unpaired) electrons. The molecule has 158 valence electrons. The SMILES string of the molecule is CCc1ncc(-c2ccc3nccc(=O)n3c2)cc1NS(=O)(=O)c1ccc(C)cc1F. The van der Waals surface area contributed by atoms with Crippen molar-refractivity contribution in [1.29, 1.82) is 0 Å². The Kier molecular flexibility index (Phi) is 5.28. The monoisotopic (exact) mass is 438 g/mol. The number of rotatable bonds is 5. The Morgan fingerprint density at radius 3 is 2.61 bits per heavy atom. The van der Waals surface area contributed by atoms with E-state index in [0.29, 0.717) is 34.5 Å². The highest BCUT2D eigenvalue weighted by Crippen LogP contribution is 2.27. The van der Waals surface area contributed by atoms with Crippen LogP contribution in [0.2, 0.25) is 0 Å². The molecule has 0 aliphatic rings. The second-order valence-corrected chi connectivity index (χ2v) is 8.69. The second kappa shape index (κ2) is 7.92. The summed E-state index contributed by atoms with van der Waals surface area (Å²) in [6.07, 6.45) is 5.12. The minimum atomic E-state index is -4.16. The second-order valence-electron chi connectivity index (χ2n) is 7.04. The van der Waals surface area contributed by atoms with E-state index < -0.39 is 20.7 Å². The zero-order valence-electron chi connectivity index (χ0n) is 16.8. The van der Waals surface area contributed by atoms with E-state index in [1.54, 1.807) is 37.5 Å². The molecule has 7 nitrogen and oxygen atoms in total. The summed E-state index contributed by atoms with van der Waals surface area (Å²) in [6, 6.07) is 10.4. The molecule has 0 bridgehead atoms. The van der Waals surface area contributed by atoms with Gasteiger partial charge >= 0.3 is 0 Å². The van der Waals surface area contributed by atoms with Crippen LogP contribution in [0.15, 0.2) is 70.7 Å². The van der Waals surface area contributed by atoms with Gasteiger partial charge in [-0.25, -0.2) is 17.8 Å². The van der Waals surface area contributed by atoms with E-state index in [1.807, 2.05) is 6.92 Å². The van der Waals surface area contributed by atoms with Gasteiger partial charge in [-0.1, -0.05) is 13.0 Å². The van der Waals surface area contributed by atoms with E-state index in [1.165, 1.54) is 34.9 Å². The largest absolute Gasteiger partial charge is 0.278 e. The van der Waals surface area contributed by atoms with Gasteiger partial charge in [0, 0.05) is 35.8 Å². The fourth-order valence-electron chi connectivity index (χ4n) is 3.25. The minimum Gasteiger partial charge on any atom is -0.278 e. The van der Waals surface area contributed by atoms with E-state index in [4.69, 9.17) is 0 Å². The van der Waals surface area contributed by atoms with Crippen LogP contribution in [0.1, 0.15) is 18.2 Å². The van der Waals surface area contributed by atoms with Gasteiger partial charge in [0.15, 0.2) is 0 Å². The van der Waals surface area contributed by atoms with Crippen molar-refractivity contribution in [3.63, 3.8) is 0 Å². The molecule has 1 N–H and O–H groups in total. The van der Waals surface area contributed by atoms with Crippen molar-refractivity contribution in [2.45, 2.75) is 25.2 Å². The summed E-state index contributed by atoms with van der Waals surface area (Å²) >= 11 is 0. The Morgan fingerprint density at radius 1 is 1.06 bits per heavy atom. The van der Waals surface area contributed by atoms with Crippen molar-refractivity contribution in [3.05, 3.63) is 88.5 Å². The zero-order chi connectivity index (χ0) is 22.2. The molecule has 4 aromatic rings. The summed E-state index contributed by atoms with van der Waals surface area (Å²) in [5, 5.41) is 0. The van der Waals surface area contributed by atoms with Gasteiger partial charge in [-0.15, -0.1) is 0 Å². The zero-order valence-corrected chi connectivity index (χ0v) is 17.6. The van der Waals surface area contributed by atoms with Gasteiger partial charge in [0.1, 0.15) is 16.4 Å². The molecule has 0 aliphatic carbocycles. The molecule has 0 unspecified atom stereocenters. The highest BCUT2D eigenvalue weighted by atomic mass is 32.2. The maximum Gasteiger partial charge on any atom is 0.264 e. The van der Waals surface area contributed by atoms with Crippen LogP contribution in [-0.2, 0) is 16.4 Å². The van der Waals surface area contributed by atoms with Gasteiger partial charge in [-0.05, 0) is 49.2 Å². The number of fused-ring (bicyclic) bond motifs is 1. The molecule has 0 amide bonds. The molecule has 9 heteroatoms. The number of nitrogens with zero attached hydrogens (tertiary/aromatic N) is 3. The Balaban J connectivity index is 1.78. The quantitative estimate of drug-likeness (QED) is 0.514. The minimum absolute atomic E-state index is 0.235. The average molecular weight is 438 g/mol. The van der Waals surface area contributed by atoms with Gasteiger partial charge in [0.25, 0.3) is 15.6 Å². The first-order valence-corrected chi connectivity index (χ1v) is 11.0. The Bertz CT molecular complexity index is 1470. The molecule has 3 heterocycles. The Morgan fingerprint density at radius 2 is 1.87 bits per heavy atom. The molecule has 0 aliphatic heterocycles. The number of sulfonamides is 1. The van der Waals surface area contributed by atoms with E-state index in [2.05, 4.69) is 14.7 Å². The molecule has 0 fully saturated rings. The number of benzene rings is 1. The predicted molar refractivity (Wildman–Crippen MR) is 116 cm³/mol. The molecule has 1 aromatic carbocycles. The van der Waals surface area contributed by atoms with Gasteiger partial charge in [-0.3, -0.25) is 18.9 Å². The van der Waals surface area contributed by atoms with Crippen LogP contribution < -0.4 is 10.3 Å². The molecule has 0 saturated heterocycles. The topological polar surface area (TPSA) is 93.4 Å². The van der Waals surface area contributed by atoms with Crippen molar-refractivity contribution in [2.75, 3.05) is 4.72 Å². The van der Waals surface area contributed by atoms with E-state index >= 15 is 0 Å². The molecule has 3 aromatic heterocycles. The van der Waals surface area contributed by atoms with Crippen molar-refractivity contribution in [2.24, 2.45) is 0 Å². The van der Waals surface area contributed by atoms with Crippen LogP contribution in [0.4, 0.5) is 10.1 Å². The third kappa shape index (κ3) is 4.04. The Labute approximate surface area is 178 Å². The van der Waals surface area contributed by atoms with Crippen LogP contribution in [0, 0.1) is 12.7 Å². The molecule has 0 saturated carbocycles. The van der Waals surface area contributed by atoms with E-state index in [0.717, 1.165) is 0 Å². The van der Waals surface area contributed by atoms with Crippen molar-refractivity contribution in [1.82, 2.24) is 14.4 Å². The average Bonchev–Trinajstić information content (AvgIpc) is 2.73. The van der Waals surface area contributed by atoms with Crippen LogP contribution in [0.3, 0.4) is 0 Å². The van der Waals surface area contributed by atoms with Gasteiger partial charge in [0.2, 0.25) is 0 Å². The van der Waals surface area contributed by atoms with Crippen molar-refractivity contribution in [3.8, 4) is 11.1 Å². The van der Waals surface area contributed by atoms with Gasteiger partial charge in [-0.2, -0.15) is 0 Å². The maximum atomic E-state index is 14.3.